The van der Waals surface area contributed by atoms with Gasteiger partial charge in [-0.05, 0) is 41.0 Å². The summed E-state index contributed by atoms with van der Waals surface area (Å²) in [5.74, 6) is 0.177. The van der Waals surface area contributed by atoms with Crippen molar-refractivity contribution >= 4 is 5.97 Å². The molecule has 1 aliphatic carbocycles. The Morgan fingerprint density at radius 3 is 2.59 bits per heavy atom. The molecule has 0 bridgehead atoms. The largest absolute Gasteiger partial charge is 0.461 e. The van der Waals surface area contributed by atoms with Gasteiger partial charge in [-0.2, -0.15) is 0 Å². The number of carbonyl (C=O) groups excluding carboxylic acids is 1. The lowest BCUT2D eigenvalue weighted by Crippen LogP contribution is -2.11. The molecule has 114 valence electrons. The van der Waals surface area contributed by atoms with E-state index in [0.717, 1.165) is 24.0 Å². The van der Waals surface area contributed by atoms with Crippen LogP contribution in [0.4, 0.5) is 0 Å². The first-order chi connectivity index (χ1) is 10.7. The molecule has 1 aliphatic rings. The van der Waals surface area contributed by atoms with E-state index in [0.29, 0.717) is 18.9 Å². The van der Waals surface area contributed by atoms with Gasteiger partial charge >= 0.3 is 5.97 Å². The zero-order valence-corrected chi connectivity index (χ0v) is 12.5. The number of aliphatic hydroxyl groups is 1. The summed E-state index contributed by atoms with van der Waals surface area (Å²) in [6, 6.07) is 15.8. The summed E-state index contributed by atoms with van der Waals surface area (Å²) in [4.78, 5) is 12.0. The molecule has 1 atom stereocenters. The maximum absolute atomic E-state index is 12.0. The van der Waals surface area contributed by atoms with E-state index < -0.39 is 0 Å². The fourth-order valence-corrected chi connectivity index (χ4v) is 3.04. The molecular weight excluding hydrogens is 276 g/mol. The number of ether oxygens (including phenoxy) is 1. The Bertz CT molecular complexity index is 649. The van der Waals surface area contributed by atoms with Crippen molar-refractivity contribution < 1.29 is 14.6 Å². The highest BCUT2D eigenvalue weighted by Gasteiger charge is 2.24. The fraction of sp³-hybridized carbons (Fsp3) is 0.316. The third-order valence-corrected chi connectivity index (χ3v) is 4.17. The van der Waals surface area contributed by atoms with Crippen molar-refractivity contribution in [1.82, 2.24) is 0 Å². The second-order valence-corrected chi connectivity index (χ2v) is 5.89. The SMILES string of the molecule is O=C(C[C@@H]1Cc2ccc(CO)cc2C1)OCc1ccccc1. The van der Waals surface area contributed by atoms with E-state index in [1.54, 1.807) is 0 Å². The average Bonchev–Trinajstić information content (AvgIpc) is 2.95. The summed E-state index contributed by atoms with van der Waals surface area (Å²) < 4.78 is 5.35. The molecule has 0 amide bonds. The van der Waals surface area contributed by atoms with Crippen LogP contribution in [0.2, 0.25) is 0 Å². The van der Waals surface area contributed by atoms with Crippen molar-refractivity contribution in [3.8, 4) is 0 Å². The normalized spacial score (nSPS) is 16.3. The highest BCUT2D eigenvalue weighted by molar-refractivity contribution is 5.70. The molecule has 0 aliphatic heterocycles. The molecule has 1 N–H and O–H groups in total. The maximum atomic E-state index is 12.0. The zero-order chi connectivity index (χ0) is 15.4. The zero-order valence-electron chi connectivity index (χ0n) is 12.5. The number of hydrogen-bond acceptors (Lipinski definition) is 3. The van der Waals surface area contributed by atoms with E-state index in [2.05, 4.69) is 6.07 Å². The highest BCUT2D eigenvalue weighted by Crippen LogP contribution is 2.30. The predicted molar refractivity (Wildman–Crippen MR) is 84.1 cm³/mol. The van der Waals surface area contributed by atoms with Crippen LogP contribution in [-0.4, -0.2) is 11.1 Å². The van der Waals surface area contributed by atoms with E-state index in [-0.39, 0.29) is 12.6 Å². The second kappa shape index (κ2) is 6.75. The van der Waals surface area contributed by atoms with Crippen LogP contribution >= 0.6 is 0 Å². The quantitative estimate of drug-likeness (QED) is 0.863. The van der Waals surface area contributed by atoms with E-state index in [1.807, 2.05) is 42.5 Å². The lowest BCUT2D eigenvalue weighted by atomic mass is 10.0. The molecule has 3 rings (SSSR count). The molecule has 0 radical (unpaired) electrons. The molecule has 0 fully saturated rings. The van der Waals surface area contributed by atoms with E-state index >= 15 is 0 Å². The molecule has 0 spiro atoms. The van der Waals surface area contributed by atoms with Gasteiger partial charge in [0, 0.05) is 6.42 Å². The smallest absolute Gasteiger partial charge is 0.306 e. The summed E-state index contributed by atoms with van der Waals surface area (Å²) >= 11 is 0. The average molecular weight is 296 g/mol. The number of fused-ring (bicyclic) bond motifs is 1. The Kier molecular flexibility index (Phi) is 4.54. The number of benzene rings is 2. The third-order valence-electron chi connectivity index (χ3n) is 4.17. The van der Waals surface area contributed by atoms with Gasteiger partial charge in [-0.1, -0.05) is 48.5 Å². The van der Waals surface area contributed by atoms with Gasteiger partial charge in [0.1, 0.15) is 6.61 Å². The molecular formula is C19H20O3. The fourth-order valence-electron chi connectivity index (χ4n) is 3.04. The summed E-state index contributed by atoms with van der Waals surface area (Å²) in [6.07, 6.45) is 2.26. The maximum Gasteiger partial charge on any atom is 0.306 e. The summed E-state index contributed by atoms with van der Waals surface area (Å²) in [5.41, 5.74) is 4.50. The first-order valence-electron chi connectivity index (χ1n) is 7.65. The van der Waals surface area contributed by atoms with Gasteiger partial charge in [-0.25, -0.2) is 0 Å². The number of esters is 1. The molecule has 2 aromatic carbocycles. The molecule has 0 aromatic heterocycles. The topological polar surface area (TPSA) is 46.5 Å². The molecule has 3 heteroatoms. The third kappa shape index (κ3) is 3.55. The van der Waals surface area contributed by atoms with Crippen LogP contribution in [0.25, 0.3) is 0 Å². The Morgan fingerprint density at radius 2 is 1.82 bits per heavy atom. The minimum Gasteiger partial charge on any atom is -0.461 e. The van der Waals surface area contributed by atoms with Crippen molar-refractivity contribution in [2.45, 2.75) is 32.5 Å². The van der Waals surface area contributed by atoms with Gasteiger partial charge in [0.15, 0.2) is 0 Å². The van der Waals surface area contributed by atoms with Gasteiger partial charge < -0.3 is 9.84 Å². The molecule has 0 heterocycles. The van der Waals surface area contributed by atoms with Crippen molar-refractivity contribution in [2.75, 3.05) is 0 Å². The van der Waals surface area contributed by atoms with Crippen LogP contribution in [0.1, 0.15) is 28.7 Å². The van der Waals surface area contributed by atoms with Gasteiger partial charge in [0.05, 0.1) is 6.61 Å². The van der Waals surface area contributed by atoms with E-state index in [1.165, 1.54) is 11.1 Å². The van der Waals surface area contributed by atoms with E-state index in [9.17, 15) is 9.90 Å². The Balaban J connectivity index is 1.51. The van der Waals surface area contributed by atoms with Gasteiger partial charge in [0.25, 0.3) is 0 Å². The van der Waals surface area contributed by atoms with E-state index in [4.69, 9.17) is 4.74 Å². The van der Waals surface area contributed by atoms with Crippen LogP contribution in [0.5, 0.6) is 0 Å². The van der Waals surface area contributed by atoms with Gasteiger partial charge in [-0.3, -0.25) is 4.79 Å². The van der Waals surface area contributed by atoms with Crippen LogP contribution in [0.3, 0.4) is 0 Å². The van der Waals surface area contributed by atoms with Crippen molar-refractivity contribution in [3.05, 3.63) is 70.8 Å². The van der Waals surface area contributed by atoms with Crippen LogP contribution in [-0.2, 0) is 35.6 Å². The lowest BCUT2D eigenvalue weighted by molar-refractivity contribution is -0.146. The molecule has 2 aromatic rings. The number of rotatable bonds is 5. The Morgan fingerprint density at radius 1 is 1.05 bits per heavy atom. The molecule has 0 saturated heterocycles. The van der Waals surface area contributed by atoms with Gasteiger partial charge in [0.2, 0.25) is 0 Å². The van der Waals surface area contributed by atoms with Gasteiger partial charge in [-0.15, -0.1) is 0 Å². The van der Waals surface area contributed by atoms with Crippen LogP contribution < -0.4 is 0 Å². The van der Waals surface area contributed by atoms with Crippen molar-refractivity contribution in [1.29, 1.82) is 0 Å². The first kappa shape index (κ1) is 14.8. The number of aliphatic hydroxyl groups excluding tert-OH is 1. The highest BCUT2D eigenvalue weighted by atomic mass is 16.5. The lowest BCUT2D eigenvalue weighted by Gasteiger charge is -2.09. The van der Waals surface area contributed by atoms with Crippen molar-refractivity contribution in [2.24, 2.45) is 5.92 Å². The summed E-state index contributed by atoms with van der Waals surface area (Å²) in [7, 11) is 0. The molecule has 0 saturated carbocycles. The molecule has 3 nitrogen and oxygen atoms in total. The monoisotopic (exact) mass is 296 g/mol. The minimum atomic E-state index is -0.135. The van der Waals surface area contributed by atoms with Crippen LogP contribution in [0.15, 0.2) is 48.5 Å². The summed E-state index contributed by atoms with van der Waals surface area (Å²) in [6.45, 7) is 0.408. The molecule has 22 heavy (non-hydrogen) atoms. The molecule has 0 unspecified atom stereocenters. The van der Waals surface area contributed by atoms with Crippen LogP contribution in [0, 0.1) is 5.92 Å². The number of carbonyl (C=O) groups is 1. The Hall–Kier alpha value is -2.13. The van der Waals surface area contributed by atoms with Crippen molar-refractivity contribution in [3.63, 3.8) is 0 Å². The minimum absolute atomic E-state index is 0.0665. The summed E-state index contributed by atoms with van der Waals surface area (Å²) in [5, 5.41) is 9.18. The standard InChI is InChI=1S/C19H20O3/c20-12-15-6-7-17-9-16(10-18(17)8-15)11-19(21)22-13-14-4-2-1-3-5-14/h1-8,16,20H,9-13H2/t16-/m1/s1. The number of hydrogen-bond donors (Lipinski definition) is 1. The first-order valence-corrected chi connectivity index (χ1v) is 7.65. The predicted octanol–water partition coefficient (Wildman–Crippen LogP) is 3.03. The Labute approximate surface area is 130 Å². The second-order valence-electron chi connectivity index (χ2n) is 5.89.